The Balaban J connectivity index is 1.61. The summed E-state index contributed by atoms with van der Waals surface area (Å²) in [5.41, 5.74) is 3.02. The number of fused-ring (bicyclic) bond motifs is 7. The zero-order chi connectivity index (χ0) is 26.5. The second kappa shape index (κ2) is 8.10. The molecule has 0 bridgehead atoms. The van der Waals surface area contributed by atoms with Crippen LogP contribution < -0.4 is 0 Å². The number of rotatable bonds is 3. The van der Waals surface area contributed by atoms with E-state index in [-0.39, 0.29) is 10.8 Å². The highest BCUT2D eigenvalue weighted by atomic mass is 31.0. The lowest BCUT2D eigenvalue weighted by molar-refractivity contribution is -0.202. The molecule has 4 saturated carbocycles. The topological polar surface area (TPSA) is 9.23 Å². The molecule has 7 unspecified atom stereocenters. The van der Waals surface area contributed by atoms with Gasteiger partial charge in [0.2, 0.25) is 0 Å². The lowest BCUT2D eigenvalue weighted by Crippen LogP contribution is -2.68. The first-order valence-electron chi connectivity index (χ1n) is 14.8. The van der Waals surface area contributed by atoms with Crippen LogP contribution in [0.2, 0.25) is 0 Å². The van der Waals surface area contributed by atoms with Crippen LogP contribution in [0.15, 0.2) is 36.6 Å². The second-order valence-electron chi connectivity index (χ2n) is 15.8. The van der Waals surface area contributed by atoms with Crippen LogP contribution in [0.1, 0.15) is 106 Å². The molecule has 8 atom stereocenters. The molecular formula is C34H53OP. The first kappa shape index (κ1) is 26.8. The molecule has 5 aliphatic rings. The van der Waals surface area contributed by atoms with E-state index in [9.17, 15) is 0 Å². The molecule has 0 amide bonds. The summed E-state index contributed by atoms with van der Waals surface area (Å²) in [6.45, 7) is 26.7. The summed E-state index contributed by atoms with van der Waals surface area (Å²) in [4.78, 5) is 0. The second-order valence-corrected chi connectivity index (χ2v) is 16.4. The minimum Gasteiger partial charge on any atom is -0.500 e. The van der Waals surface area contributed by atoms with Crippen LogP contribution in [0.25, 0.3) is 0 Å². The Kier molecular flexibility index (Phi) is 6.03. The number of methoxy groups -OCH3 is 1. The van der Waals surface area contributed by atoms with Gasteiger partial charge in [-0.1, -0.05) is 67.2 Å². The molecule has 0 saturated heterocycles. The number of allylic oxidation sites excluding steroid dienone is 4. The lowest BCUT2D eigenvalue weighted by Gasteiger charge is -2.73. The molecule has 5 aliphatic carbocycles. The van der Waals surface area contributed by atoms with Crippen molar-refractivity contribution in [1.82, 2.24) is 0 Å². The van der Waals surface area contributed by atoms with Crippen LogP contribution in [0.3, 0.4) is 0 Å². The van der Waals surface area contributed by atoms with Crippen LogP contribution in [0.5, 0.6) is 0 Å². The van der Waals surface area contributed by atoms with Gasteiger partial charge in [0, 0.05) is 5.41 Å². The van der Waals surface area contributed by atoms with Gasteiger partial charge in [-0.05, 0) is 119 Å². The van der Waals surface area contributed by atoms with Crippen LogP contribution in [0.4, 0.5) is 0 Å². The fourth-order valence-electron chi connectivity index (χ4n) is 11.6. The normalized spacial score (nSPS) is 49.2. The lowest BCUT2D eigenvalue weighted by atomic mass is 9.31. The number of hydrogen-bond donors (Lipinski definition) is 0. The van der Waals surface area contributed by atoms with Crippen LogP contribution in [0, 0.1) is 56.2 Å². The summed E-state index contributed by atoms with van der Waals surface area (Å²) < 4.78 is 6.08. The molecule has 0 aromatic rings. The van der Waals surface area contributed by atoms with Crippen molar-refractivity contribution >= 4 is 14.2 Å². The summed E-state index contributed by atoms with van der Waals surface area (Å²) in [5.74, 6) is 3.83. The first-order valence-corrected chi connectivity index (χ1v) is 15.3. The summed E-state index contributed by atoms with van der Waals surface area (Å²) in [6, 6.07) is 0. The predicted molar refractivity (Wildman–Crippen MR) is 158 cm³/mol. The van der Waals surface area contributed by atoms with Crippen molar-refractivity contribution in [3.63, 3.8) is 0 Å². The molecule has 0 aromatic heterocycles. The van der Waals surface area contributed by atoms with E-state index in [0.717, 1.165) is 6.42 Å². The largest absolute Gasteiger partial charge is 0.500 e. The molecule has 0 aromatic carbocycles. The van der Waals surface area contributed by atoms with Crippen molar-refractivity contribution < 1.29 is 4.74 Å². The fraction of sp³-hybridized carbons (Fsp3) is 0.794. The molecule has 0 spiro atoms. The zero-order valence-corrected chi connectivity index (χ0v) is 25.7. The Labute approximate surface area is 224 Å². The van der Waals surface area contributed by atoms with Gasteiger partial charge in [0.25, 0.3) is 0 Å². The van der Waals surface area contributed by atoms with Gasteiger partial charge < -0.3 is 4.74 Å². The molecule has 4 fully saturated rings. The van der Waals surface area contributed by atoms with Gasteiger partial charge in [-0.3, -0.25) is 0 Å². The first-order chi connectivity index (χ1) is 16.7. The Morgan fingerprint density at radius 1 is 0.889 bits per heavy atom. The minimum absolute atomic E-state index is 0.0359. The SMILES string of the molecule is C=CC1=C(OC)C(C)(C)C2CCC3(C)C(CC(=P)C4C5CC(C)(C)CCC5(C=C)CC[C@]43C)C2(C)C1. The van der Waals surface area contributed by atoms with Gasteiger partial charge in [-0.15, -0.1) is 15.4 Å². The van der Waals surface area contributed by atoms with E-state index in [1.54, 1.807) is 5.29 Å². The summed E-state index contributed by atoms with van der Waals surface area (Å²) in [7, 11) is 6.29. The Morgan fingerprint density at radius 3 is 2.17 bits per heavy atom. The maximum atomic E-state index is 6.08. The molecule has 0 N–H and O–H groups in total. The molecule has 200 valence electrons. The maximum absolute atomic E-state index is 6.08. The van der Waals surface area contributed by atoms with Gasteiger partial charge in [0.15, 0.2) is 0 Å². The van der Waals surface area contributed by atoms with Crippen molar-refractivity contribution in [3.8, 4) is 0 Å². The minimum atomic E-state index is 0.0359. The van der Waals surface area contributed by atoms with Crippen molar-refractivity contribution in [3.05, 3.63) is 36.6 Å². The van der Waals surface area contributed by atoms with Gasteiger partial charge in [0.05, 0.1) is 7.11 Å². The van der Waals surface area contributed by atoms with E-state index in [0.29, 0.717) is 45.3 Å². The number of ether oxygens (including phenoxy) is 1. The predicted octanol–water partition coefficient (Wildman–Crippen LogP) is 9.68. The highest BCUT2D eigenvalue weighted by Crippen LogP contribution is 2.77. The van der Waals surface area contributed by atoms with Gasteiger partial charge in [-0.25, -0.2) is 0 Å². The standard InChI is InChI=1S/C34H53OP/c1-11-22-20-31(7)25(30(5,6)28(22)35-10)13-14-32(8)26(31)19-24(36)27-23-21-29(3,4)15-17-34(23,12-2)18-16-33(27,32)9/h11-12,23,25-27,36H,1-2,13-21H2,3-10H3/t23?,25?,26?,27?,31?,32?,33-,34?/m1/s1. The third-order valence-electron chi connectivity index (χ3n) is 13.6. The number of hydrogen-bond acceptors (Lipinski definition) is 1. The van der Waals surface area contributed by atoms with E-state index in [1.807, 2.05) is 7.11 Å². The average Bonchev–Trinajstić information content (AvgIpc) is 2.79. The van der Waals surface area contributed by atoms with Crippen molar-refractivity contribution in [2.45, 2.75) is 106 Å². The van der Waals surface area contributed by atoms with Gasteiger partial charge in [-0.2, -0.15) is 0 Å². The molecule has 0 aliphatic heterocycles. The van der Waals surface area contributed by atoms with E-state index in [2.05, 4.69) is 82.6 Å². The smallest absolute Gasteiger partial charge is 0.105 e. The van der Waals surface area contributed by atoms with Gasteiger partial charge >= 0.3 is 0 Å². The van der Waals surface area contributed by atoms with Crippen LogP contribution in [-0.4, -0.2) is 12.4 Å². The molecule has 0 radical (unpaired) electrons. The zero-order valence-electron chi connectivity index (χ0n) is 24.7. The summed E-state index contributed by atoms with van der Waals surface area (Å²) in [5, 5.41) is 1.62. The Hall–Kier alpha value is -0.810. The van der Waals surface area contributed by atoms with Crippen molar-refractivity contribution in [2.24, 2.45) is 56.2 Å². The maximum Gasteiger partial charge on any atom is 0.105 e. The highest BCUT2D eigenvalue weighted by molar-refractivity contribution is 7.21. The molecule has 1 nitrogen and oxygen atoms in total. The van der Waals surface area contributed by atoms with E-state index >= 15 is 0 Å². The Morgan fingerprint density at radius 2 is 1.56 bits per heavy atom. The average molecular weight is 509 g/mol. The van der Waals surface area contributed by atoms with E-state index in [4.69, 9.17) is 4.74 Å². The third kappa shape index (κ3) is 3.23. The van der Waals surface area contributed by atoms with E-state index in [1.165, 1.54) is 62.7 Å². The Bertz CT molecular complexity index is 1020. The van der Waals surface area contributed by atoms with Crippen LogP contribution >= 0.6 is 8.86 Å². The monoisotopic (exact) mass is 508 g/mol. The fourth-order valence-corrected chi connectivity index (χ4v) is 12.3. The van der Waals surface area contributed by atoms with Gasteiger partial charge in [0.1, 0.15) is 5.76 Å². The molecule has 2 heteroatoms. The van der Waals surface area contributed by atoms with Crippen molar-refractivity contribution in [1.29, 1.82) is 0 Å². The highest BCUT2D eigenvalue weighted by Gasteiger charge is 2.70. The molecule has 5 rings (SSSR count). The summed E-state index contributed by atoms with van der Waals surface area (Å²) >= 11 is 0. The third-order valence-corrected chi connectivity index (χ3v) is 14.1. The van der Waals surface area contributed by atoms with Crippen LogP contribution in [-0.2, 0) is 4.74 Å². The molecule has 0 heterocycles. The quantitative estimate of drug-likeness (QED) is 0.272. The molecular weight excluding hydrogens is 455 g/mol. The molecule has 36 heavy (non-hydrogen) atoms. The van der Waals surface area contributed by atoms with Crippen molar-refractivity contribution in [2.75, 3.05) is 7.11 Å². The van der Waals surface area contributed by atoms with E-state index < -0.39 is 0 Å². The summed E-state index contributed by atoms with van der Waals surface area (Å²) in [6.07, 6.45) is 16.1.